The number of hydrogen-bond donors (Lipinski definition) is 0. The molecule has 0 unspecified atom stereocenters. The van der Waals surface area contributed by atoms with Crippen molar-refractivity contribution in [1.29, 1.82) is 0 Å². The molecule has 0 atom stereocenters. The van der Waals surface area contributed by atoms with Gasteiger partial charge in [0, 0.05) is 12.1 Å². The fourth-order valence-corrected chi connectivity index (χ4v) is 4.00. The van der Waals surface area contributed by atoms with Crippen LogP contribution in [0.3, 0.4) is 0 Å². The summed E-state index contributed by atoms with van der Waals surface area (Å²) in [6, 6.07) is 9.69. The van der Waals surface area contributed by atoms with Gasteiger partial charge in [0.1, 0.15) is 18.1 Å². The summed E-state index contributed by atoms with van der Waals surface area (Å²) >= 11 is 0. The second-order valence-corrected chi connectivity index (χ2v) is 8.11. The summed E-state index contributed by atoms with van der Waals surface area (Å²) in [5, 5.41) is 0. The molecule has 0 N–H and O–H groups in total. The molecule has 0 aromatic heterocycles. The molecule has 4 heteroatoms. The molecule has 0 amide bonds. The molecule has 3 rings (SSSR count). The van der Waals surface area contributed by atoms with Crippen molar-refractivity contribution in [3.63, 3.8) is 0 Å². The number of likely N-dealkylation sites (tertiary alicyclic amines) is 1. The summed E-state index contributed by atoms with van der Waals surface area (Å²) in [4.78, 5) is 15.2. The summed E-state index contributed by atoms with van der Waals surface area (Å²) in [6.45, 7) is 10.0. The normalized spacial score (nSPS) is 14.8. The third-order valence-electron chi connectivity index (χ3n) is 5.74. The average Bonchev–Trinajstić information content (AvgIpc) is 2.75. The van der Waals surface area contributed by atoms with Gasteiger partial charge >= 0.3 is 0 Å². The Hall–Kier alpha value is -2.59. The van der Waals surface area contributed by atoms with Crippen LogP contribution in [0.15, 0.2) is 36.4 Å². The van der Waals surface area contributed by atoms with Crippen LogP contribution in [-0.4, -0.2) is 44.0 Å². The molecule has 0 radical (unpaired) electrons. The Morgan fingerprint density at radius 1 is 1.00 bits per heavy atom. The number of hydrogen-bond acceptors (Lipinski definition) is 4. The number of allylic oxidation sites excluding steroid dienone is 1. The number of nitrogens with zero attached hydrogens (tertiary/aromatic N) is 1. The number of carbonyl (C=O) groups is 1. The van der Waals surface area contributed by atoms with Gasteiger partial charge in [0.2, 0.25) is 0 Å². The molecule has 0 spiro atoms. The summed E-state index contributed by atoms with van der Waals surface area (Å²) in [7, 11) is 1.65. The van der Waals surface area contributed by atoms with E-state index in [1.165, 1.54) is 32.4 Å². The summed E-state index contributed by atoms with van der Waals surface area (Å²) in [5.74, 6) is 1.72. The zero-order valence-corrected chi connectivity index (χ0v) is 18.7. The molecule has 1 fully saturated rings. The molecular weight excluding hydrogens is 374 g/mol. The predicted octanol–water partition coefficient (Wildman–Crippen LogP) is 5.38. The number of methoxy groups -OCH3 is 1. The highest BCUT2D eigenvalue weighted by Gasteiger charge is 2.13. The number of aryl methyl sites for hydroxylation is 3. The van der Waals surface area contributed by atoms with E-state index >= 15 is 0 Å². The van der Waals surface area contributed by atoms with E-state index in [2.05, 4.69) is 4.90 Å². The Morgan fingerprint density at radius 2 is 1.70 bits per heavy atom. The van der Waals surface area contributed by atoms with Gasteiger partial charge in [0.15, 0.2) is 5.78 Å². The molecule has 1 heterocycles. The first-order valence-corrected chi connectivity index (χ1v) is 10.8. The predicted molar refractivity (Wildman–Crippen MR) is 123 cm³/mol. The van der Waals surface area contributed by atoms with Crippen LogP contribution in [0.4, 0.5) is 0 Å². The number of benzene rings is 2. The van der Waals surface area contributed by atoms with Crippen molar-refractivity contribution in [3.05, 3.63) is 64.2 Å². The Labute approximate surface area is 180 Å². The Morgan fingerprint density at radius 3 is 2.33 bits per heavy atom. The topological polar surface area (TPSA) is 38.8 Å². The molecule has 1 aliphatic rings. The lowest BCUT2D eigenvalue weighted by Crippen LogP contribution is -2.33. The van der Waals surface area contributed by atoms with Gasteiger partial charge in [-0.25, -0.2) is 0 Å². The van der Waals surface area contributed by atoms with E-state index < -0.39 is 0 Å². The third-order valence-corrected chi connectivity index (χ3v) is 5.74. The van der Waals surface area contributed by atoms with Crippen molar-refractivity contribution in [3.8, 4) is 11.5 Å². The van der Waals surface area contributed by atoms with Crippen LogP contribution in [0.1, 0.15) is 51.9 Å². The first-order valence-electron chi connectivity index (χ1n) is 10.8. The quantitative estimate of drug-likeness (QED) is 0.435. The minimum atomic E-state index is -0.00344. The van der Waals surface area contributed by atoms with Crippen molar-refractivity contribution < 1.29 is 14.3 Å². The van der Waals surface area contributed by atoms with Gasteiger partial charge in [-0.05, 0) is 99.3 Å². The number of carbonyl (C=O) groups excluding carboxylic acids is 1. The first-order chi connectivity index (χ1) is 14.5. The van der Waals surface area contributed by atoms with E-state index in [9.17, 15) is 4.79 Å². The number of ketones is 1. The molecule has 1 aliphatic heterocycles. The summed E-state index contributed by atoms with van der Waals surface area (Å²) < 4.78 is 11.3. The van der Waals surface area contributed by atoms with Crippen molar-refractivity contribution in [2.45, 2.75) is 40.0 Å². The van der Waals surface area contributed by atoms with E-state index in [0.29, 0.717) is 12.2 Å². The van der Waals surface area contributed by atoms with Crippen LogP contribution in [0.25, 0.3) is 6.08 Å². The van der Waals surface area contributed by atoms with Crippen molar-refractivity contribution in [1.82, 2.24) is 4.90 Å². The smallest absolute Gasteiger partial charge is 0.185 e. The molecule has 30 heavy (non-hydrogen) atoms. The Bertz CT molecular complexity index is 887. The summed E-state index contributed by atoms with van der Waals surface area (Å²) in [5.41, 5.74) is 4.78. The molecule has 0 bridgehead atoms. The standard InChI is InChI=1S/C26H33NO3/c1-19-18-24(29-4)10-8-22(19)9-11-25(28)23-16-20(2)26(21(3)17-23)30-15-14-27-12-6-5-7-13-27/h8-11,16-18H,5-7,12-15H2,1-4H3/b11-9+. The highest BCUT2D eigenvalue weighted by molar-refractivity contribution is 6.07. The maximum atomic E-state index is 12.7. The van der Waals surface area contributed by atoms with Crippen molar-refractivity contribution >= 4 is 11.9 Å². The molecule has 0 saturated carbocycles. The van der Waals surface area contributed by atoms with Crippen LogP contribution < -0.4 is 9.47 Å². The second-order valence-electron chi connectivity index (χ2n) is 8.11. The molecule has 2 aromatic carbocycles. The van der Waals surface area contributed by atoms with Gasteiger partial charge in [0.05, 0.1) is 7.11 Å². The third kappa shape index (κ3) is 5.73. The van der Waals surface area contributed by atoms with Gasteiger partial charge in [-0.15, -0.1) is 0 Å². The van der Waals surface area contributed by atoms with Gasteiger partial charge in [-0.3, -0.25) is 9.69 Å². The minimum absolute atomic E-state index is 0.00344. The van der Waals surface area contributed by atoms with E-state index in [4.69, 9.17) is 9.47 Å². The molecule has 160 valence electrons. The van der Waals surface area contributed by atoms with Crippen LogP contribution in [-0.2, 0) is 0 Å². The van der Waals surface area contributed by atoms with Crippen LogP contribution in [0.5, 0.6) is 11.5 Å². The summed E-state index contributed by atoms with van der Waals surface area (Å²) in [6.07, 6.45) is 7.43. The SMILES string of the molecule is COc1ccc(/C=C/C(=O)c2cc(C)c(OCCN3CCCCC3)c(C)c2)c(C)c1. The van der Waals surface area contributed by atoms with E-state index in [0.717, 1.165) is 40.3 Å². The van der Waals surface area contributed by atoms with Crippen molar-refractivity contribution in [2.24, 2.45) is 0 Å². The van der Waals surface area contributed by atoms with E-state index in [-0.39, 0.29) is 5.78 Å². The number of rotatable bonds is 8. The maximum Gasteiger partial charge on any atom is 0.185 e. The van der Waals surface area contributed by atoms with Gasteiger partial charge < -0.3 is 9.47 Å². The molecule has 2 aromatic rings. The van der Waals surface area contributed by atoms with Gasteiger partial charge in [-0.1, -0.05) is 18.6 Å². The lowest BCUT2D eigenvalue weighted by atomic mass is 10.0. The zero-order chi connectivity index (χ0) is 21.5. The van der Waals surface area contributed by atoms with E-state index in [1.807, 2.05) is 57.2 Å². The van der Waals surface area contributed by atoms with Gasteiger partial charge in [-0.2, -0.15) is 0 Å². The average molecular weight is 408 g/mol. The maximum absolute atomic E-state index is 12.7. The monoisotopic (exact) mass is 407 g/mol. The molecular formula is C26H33NO3. The highest BCUT2D eigenvalue weighted by atomic mass is 16.5. The minimum Gasteiger partial charge on any atom is -0.497 e. The lowest BCUT2D eigenvalue weighted by Gasteiger charge is -2.26. The molecule has 1 saturated heterocycles. The van der Waals surface area contributed by atoms with Crippen molar-refractivity contribution in [2.75, 3.05) is 33.4 Å². The van der Waals surface area contributed by atoms with Crippen LogP contribution in [0.2, 0.25) is 0 Å². The molecule has 4 nitrogen and oxygen atoms in total. The lowest BCUT2D eigenvalue weighted by molar-refractivity contribution is 0.104. The van der Waals surface area contributed by atoms with E-state index in [1.54, 1.807) is 13.2 Å². The fraction of sp³-hybridized carbons (Fsp3) is 0.423. The Kier molecular flexibility index (Phi) is 7.69. The van der Waals surface area contributed by atoms with Gasteiger partial charge in [0.25, 0.3) is 0 Å². The first kappa shape index (κ1) is 22.1. The number of ether oxygens (including phenoxy) is 2. The zero-order valence-electron chi connectivity index (χ0n) is 18.7. The fourth-order valence-electron chi connectivity index (χ4n) is 4.00. The Balaban J connectivity index is 1.64. The highest BCUT2D eigenvalue weighted by Crippen LogP contribution is 2.26. The molecule has 0 aliphatic carbocycles. The largest absolute Gasteiger partial charge is 0.497 e. The second kappa shape index (κ2) is 10.4. The van der Waals surface area contributed by atoms with Crippen LogP contribution in [0, 0.1) is 20.8 Å². The van der Waals surface area contributed by atoms with Crippen LogP contribution >= 0.6 is 0 Å². The number of piperidine rings is 1.